The van der Waals surface area contributed by atoms with Crippen molar-refractivity contribution in [2.75, 3.05) is 11.9 Å². The van der Waals surface area contributed by atoms with Crippen LogP contribution in [0.15, 0.2) is 48.5 Å². The van der Waals surface area contributed by atoms with E-state index in [2.05, 4.69) is 20.4 Å². The third kappa shape index (κ3) is 2.78. The fraction of sp³-hybridized carbons (Fsp3) is 0.111. The van der Waals surface area contributed by atoms with E-state index >= 15 is 0 Å². The molecule has 2 heterocycles. The van der Waals surface area contributed by atoms with Crippen molar-refractivity contribution in [3.8, 4) is 11.3 Å². The minimum atomic E-state index is -0.215. The second-order valence-corrected chi connectivity index (χ2v) is 6.87. The summed E-state index contributed by atoms with van der Waals surface area (Å²) in [5.41, 5.74) is 3.43. The normalized spacial score (nSPS) is 11.0. The van der Waals surface area contributed by atoms with E-state index in [1.807, 2.05) is 55.5 Å². The summed E-state index contributed by atoms with van der Waals surface area (Å²) in [6.07, 6.45) is 0. The SMILES string of the molecule is Cc1nc2ccc(N(C)C(=O)c3n[nH]nc3-c3ccccc3)cc2s1. The first kappa shape index (κ1) is 15.5. The summed E-state index contributed by atoms with van der Waals surface area (Å²) >= 11 is 1.61. The van der Waals surface area contributed by atoms with Crippen LogP contribution in [0.5, 0.6) is 0 Å². The Morgan fingerprint density at radius 2 is 1.92 bits per heavy atom. The molecule has 0 fully saturated rings. The molecule has 4 rings (SSSR count). The maximum atomic E-state index is 12.9. The second kappa shape index (κ2) is 6.10. The Morgan fingerprint density at radius 1 is 1.12 bits per heavy atom. The first-order valence-electron chi connectivity index (χ1n) is 7.75. The lowest BCUT2D eigenvalue weighted by Crippen LogP contribution is -2.27. The monoisotopic (exact) mass is 349 g/mol. The van der Waals surface area contributed by atoms with Gasteiger partial charge in [-0.3, -0.25) is 4.79 Å². The number of aryl methyl sites for hydroxylation is 1. The Balaban J connectivity index is 1.69. The Bertz CT molecular complexity index is 1050. The van der Waals surface area contributed by atoms with Crippen LogP contribution in [0.25, 0.3) is 21.5 Å². The lowest BCUT2D eigenvalue weighted by Gasteiger charge is -2.16. The summed E-state index contributed by atoms with van der Waals surface area (Å²) in [5, 5.41) is 11.8. The molecule has 124 valence electrons. The van der Waals surface area contributed by atoms with E-state index in [0.717, 1.165) is 26.5 Å². The number of carbonyl (C=O) groups is 1. The van der Waals surface area contributed by atoms with Gasteiger partial charge < -0.3 is 4.90 Å². The molecule has 0 unspecified atom stereocenters. The quantitative estimate of drug-likeness (QED) is 0.612. The zero-order chi connectivity index (χ0) is 17.4. The number of H-pyrrole nitrogens is 1. The number of carbonyl (C=O) groups excluding carboxylic acids is 1. The van der Waals surface area contributed by atoms with E-state index in [0.29, 0.717) is 11.4 Å². The number of thiazole rings is 1. The number of fused-ring (bicyclic) bond motifs is 1. The highest BCUT2D eigenvalue weighted by Gasteiger charge is 2.22. The van der Waals surface area contributed by atoms with Crippen molar-refractivity contribution in [1.82, 2.24) is 20.4 Å². The Hall–Kier alpha value is -3.06. The number of benzene rings is 2. The van der Waals surface area contributed by atoms with Crippen LogP contribution in [0.1, 0.15) is 15.5 Å². The number of nitrogens with zero attached hydrogens (tertiary/aromatic N) is 4. The molecule has 0 aliphatic carbocycles. The van der Waals surface area contributed by atoms with Crippen molar-refractivity contribution >= 4 is 33.1 Å². The second-order valence-electron chi connectivity index (χ2n) is 5.64. The van der Waals surface area contributed by atoms with E-state index in [1.165, 1.54) is 0 Å². The van der Waals surface area contributed by atoms with Gasteiger partial charge in [-0.1, -0.05) is 30.3 Å². The summed E-state index contributed by atoms with van der Waals surface area (Å²) < 4.78 is 1.05. The number of hydrogen-bond donors (Lipinski definition) is 1. The molecule has 2 aromatic carbocycles. The molecule has 1 N–H and O–H groups in total. The molecule has 0 saturated heterocycles. The van der Waals surface area contributed by atoms with Crippen molar-refractivity contribution in [2.24, 2.45) is 0 Å². The van der Waals surface area contributed by atoms with Gasteiger partial charge in [0.1, 0.15) is 5.69 Å². The molecule has 4 aromatic rings. The van der Waals surface area contributed by atoms with Gasteiger partial charge in [-0.2, -0.15) is 15.4 Å². The number of aromatic amines is 1. The molecule has 7 heteroatoms. The zero-order valence-electron chi connectivity index (χ0n) is 13.7. The Kier molecular flexibility index (Phi) is 3.77. The van der Waals surface area contributed by atoms with E-state index in [4.69, 9.17) is 0 Å². The van der Waals surface area contributed by atoms with Crippen molar-refractivity contribution in [3.63, 3.8) is 0 Å². The van der Waals surface area contributed by atoms with Crippen LogP contribution < -0.4 is 4.90 Å². The minimum Gasteiger partial charge on any atom is -0.310 e. The average Bonchev–Trinajstić information content (AvgIpc) is 3.26. The first-order chi connectivity index (χ1) is 12.1. The predicted molar refractivity (Wildman–Crippen MR) is 98.9 cm³/mol. The number of anilines is 1. The molecule has 0 aliphatic rings. The van der Waals surface area contributed by atoms with Crippen LogP contribution in [0.4, 0.5) is 5.69 Å². The lowest BCUT2D eigenvalue weighted by atomic mass is 10.1. The maximum absolute atomic E-state index is 12.9. The number of nitrogens with one attached hydrogen (secondary N) is 1. The molecule has 0 saturated carbocycles. The van der Waals surface area contributed by atoms with Gasteiger partial charge in [-0.15, -0.1) is 11.3 Å². The molecule has 0 spiro atoms. The highest BCUT2D eigenvalue weighted by Crippen LogP contribution is 2.28. The molecule has 0 bridgehead atoms. The van der Waals surface area contributed by atoms with Crippen LogP contribution in [0.2, 0.25) is 0 Å². The maximum Gasteiger partial charge on any atom is 0.280 e. The molecule has 1 amide bonds. The van der Waals surface area contributed by atoms with Crippen LogP contribution in [0, 0.1) is 6.92 Å². The molecular weight excluding hydrogens is 334 g/mol. The molecule has 0 atom stereocenters. The predicted octanol–water partition coefficient (Wildman–Crippen LogP) is 3.67. The zero-order valence-corrected chi connectivity index (χ0v) is 14.5. The fourth-order valence-electron chi connectivity index (χ4n) is 2.69. The van der Waals surface area contributed by atoms with Gasteiger partial charge in [0.15, 0.2) is 5.69 Å². The standard InChI is InChI=1S/C18H15N5OS/c1-11-19-14-9-8-13(10-15(14)25-11)23(2)18(24)17-16(20-22-21-17)12-6-4-3-5-7-12/h3-10H,1-2H3,(H,20,21,22). The van der Waals surface area contributed by atoms with Crippen molar-refractivity contribution < 1.29 is 4.79 Å². The van der Waals surface area contributed by atoms with E-state index in [1.54, 1.807) is 23.3 Å². The summed E-state index contributed by atoms with van der Waals surface area (Å²) in [4.78, 5) is 19.0. The number of hydrogen-bond acceptors (Lipinski definition) is 5. The summed E-state index contributed by atoms with van der Waals surface area (Å²) in [6.45, 7) is 1.97. The molecule has 0 aliphatic heterocycles. The van der Waals surface area contributed by atoms with Gasteiger partial charge in [-0.05, 0) is 25.1 Å². The largest absolute Gasteiger partial charge is 0.310 e. The number of amides is 1. The summed E-state index contributed by atoms with van der Waals surface area (Å²) in [6, 6.07) is 15.3. The third-order valence-electron chi connectivity index (χ3n) is 3.97. The Morgan fingerprint density at radius 3 is 2.72 bits per heavy atom. The topological polar surface area (TPSA) is 74.8 Å². The minimum absolute atomic E-state index is 0.215. The van der Waals surface area contributed by atoms with Gasteiger partial charge >= 0.3 is 0 Å². The van der Waals surface area contributed by atoms with E-state index < -0.39 is 0 Å². The fourth-order valence-corrected chi connectivity index (χ4v) is 3.55. The van der Waals surface area contributed by atoms with Gasteiger partial charge in [0.25, 0.3) is 5.91 Å². The van der Waals surface area contributed by atoms with Crippen LogP contribution in [-0.4, -0.2) is 33.3 Å². The van der Waals surface area contributed by atoms with Crippen molar-refractivity contribution in [2.45, 2.75) is 6.92 Å². The highest BCUT2D eigenvalue weighted by molar-refractivity contribution is 7.18. The highest BCUT2D eigenvalue weighted by atomic mass is 32.1. The van der Waals surface area contributed by atoms with Gasteiger partial charge in [0.2, 0.25) is 0 Å². The lowest BCUT2D eigenvalue weighted by molar-refractivity contribution is 0.0989. The molecule has 25 heavy (non-hydrogen) atoms. The molecular formula is C18H15N5OS. The third-order valence-corrected chi connectivity index (χ3v) is 4.90. The molecule has 6 nitrogen and oxygen atoms in total. The van der Waals surface area contributed by atoms with Crippen LogP contribution in [-0.2, 0) is 0 Å². The van der Waals surface area contributed by atoms with Crippen molar-refractivity contribution in [1.29, 1.82) is 0 Å². The number of rotatable bonds is 3. The summed E-state index contributed by atoms with van der Waals surface area (Å²) in [7, 11) is 1.74. The van der Waals surface area contributed by atoms with Crippen molar-refractivity contribution in [3.05, 3.63) is 59.2 Å². The number of aromatic nitrogens is 4. The van der Waals surface area contributed by atoms with E-state index in [9.17, 15) is 4.79 Å². The van der Waals surface area contributed by atoms with E-state index in [-0.39, 0.29) is 5.91 Å². The van der Waals surface area contributed by atoms with Gasteiger partial charge in [-0.25, -0.2) is 4.98 Å². The first-order valence-corrected chi connectivity index (χ1v) is 8.56. The molecule has 2 aromatic heterocycles. The molecule has 0 radical (unpaired) electrons. The smallest absolute Gasteiger partial charge is 0.280 e. The van der Waals surface area contributed by atoms with Gasteiger partial charge in [0.05, 0.1) is 15.2 Å². The average molecular weight is 349 g/mol. The van der Waals surface area contributed by atoms with Gasteiger partial charge in [0, 0.05) is 18.3 Å². The van der Waals surface area contributed by atoms with Crippen LogP contribution in [0.3, 0.4) is 0 Å². The summed E-state index contributed by atoms with van der Waals surface area (Å²) in [5.74, 6) is -0.215. The Labute approximate surface area is 148 Å². The van der Waals surface area contributed by atoms with Crippen LogP contribution >= 0.6 is 11.3 Å².